The molecule has 0 heterocycles. The summed E-state index contributed by atoms with van der Waals surface area (Å²) in [4.78, 5) is 0.330. The van der Waals surface area contributed by atoms with Crippen LogP contribution < -0.4 is 5.73 Å². The van der Waals surface area contributed by atoms with Gasteiger partial charge in [0.25, 0.3) is 0 Å². The van der Waals surface area contributed by atoms with E-state index < -0.39 is 9.84 Å². The zero-order valence-electron chi connectivity index (χ0n) is 9.10. The van der Waals surface area contributed by atoms with Crippen molar-refractivity contribution < 1.29 is 8.42 Å². The molecule has 0 fully saturated rings. The Bertz CT molecular complexity index is 422. The van der Waals surface area contributed by atoms with Gasteiger partial charge in [0.05, 0.1) is 10.1 Å². The van der Waals surface area contributed by atoms with E-state index in [1.165, 1.54) is 6.07 Å². The molecule has 0 aromatic heterocycles. The van der Waals surface area contributed by atoms with Crippen LogP contribution in [-0.4, -0.2) is 13.7 Å². The highest BCUT2D eigenvalue weighted by molar-refractivity contribution is 7.92. The first-order chi connectivity index (χ1) is 7.02. The normalized spacial score (nSPS) is 11.9. The Morgan fingerprint density at radius 3 is 2.33 bits per heavy atom. The van der Waals surface area contributed by atoms with Crippen LogP contribution in [0.1, 0.15) is 26.7 Å². The van der Waals surface area contributed by atoms with E-state index in [0.717, 1.165) is 0 Å². The summed E-state index contributed by atoms with van der Waals surface area (Å²) in [6.45, 7) is 3.77. The van der Waals surface area contributed by atoms with Crippen molar-refractivity contribution in [2.45, 2.75) is 36.8 Å². The second-order valence-electron chi connectivity index (χ2n) is 3.56. The number of hydrogen-bond donors (Lipinski definition) is 1. The van der Waals surface area contributed by atoms with Gasteiger partial charge in [-0.2, -0.15) is 0 Å². The van der Waals surface area contributed by atoms with Gasteiger partial charge in [-0.15, -0.1) is 0 Å². The molecular formula is C11H17NO2S. The van der Waals surface area contributed by atoms with Crippen molar-refractivity contribution in [2.75, 3.05) is 5.73 Å². The Morgan fingerprint density at radius 2 is 1.87 bits per heavy atom. The Labute approximate surface area is 91.2 Å². The minimum Gasteiger partial charge on any atom is -0.399 e. The first-order valence-electron chi connectivity index (χ1n) is 5.11. The van der Waals surface area contributed by atoms with Crippen molar-refractivity contribution in [3.63, 3.8) is 0 Å². The zero-order valence-corrected chi connectivity index (χ0v) is 9.92. The first-order valence-corrected chi connectivity index (χ1v) is 6.66. The molecule has 0 atom stereocenters. The van der Waals surface area contributed by atoms with Crippen molar-refractivity contribution in [1.82, 2.24) is 0 Å². The van der Waals surface area contributed by atoms with Gasteiger partial charge >= 0.3 is 0 Å². The monoisotopic (exact) mass is 227 g/mol. The highest BCUT2D eigenvalue weighted by Gasteiger charge is 2.24. The van der Waals surface area contributed by atoms with E-state index in [1.54, 1.807) is 18.2 Å². The predicted octanol–water partition coefficient (Wildman–Crippen LogP) is 2.23. The van der Waals surface area contributed by atoms with E-state index in [9.17, 15) is 8.42 Å². The SMILES string of the molecule is CCC(CC)S(=O)(=O)c1cccc(N)c1. The molecule has 0 radical (unpaired) electrons. The maximum absolute atomic E-state index is 12.1. The molecule has 3 nitrogen and oxygen atoms in total. The third-order valence-corrected chi connectivity index (χ3v) is 4.99. The van der Waals surface area contributed by atoms with Gasteiger partial charge in [-0.1, -0.05) is 19.9 Å². The maximum Gasteiger partial charge on any atom is 0.181 e. The Kier molecular flexibility index (Phi) is 3.74. The molecule has 0 saturated carbocycles. The summed E-state index contributed by atoms with van der Waals surface area (Å²) in [6.07, 6.45) is 1.27. The van der Waals surface area contributed by atoms with Crippen LogP contribution in [0.4, 0.5) is 5.69 Å². The van der Waals surface area contributed by atoms with Gasteiger partial charge in [0.15, 0.2) is 9.84 Å². The van der Waals surface area contributed by atoms with E-state index in [0.29, 0.717) is 23.4 Å². The van der Waals surface area contributed by atoms with Crippen LogP contribution in [0, 0.1) is 0 Å². The Hall–Kier alpha value is -1.03. The first kappa shape index (κ1) is 12.0. The van der Waals surface area contributed by atoms with Crippen LogP contribution >= 0.6 is 0 Å². The molecule has 0 aliphatic rings. The van der Waals surface area contributed by atoms with Crippen molar-refractivity contribution in [3.8, 4) is 0 Å². The van der Waals surface area contributed by atoms with E-state index >= 15 is 0 Å². The van der Waals surface area contributed by atoms with Gasteiger partial charge in [-0.05, 0) is 31.0 Å². The summed E-state index contributed by atoms with van der Waals surface area (Å²) in [5, 5.41) is -0.306. The third-order valence-electron chi connectivity index (χ3n) is 2.54. The second-order valence-corrected chi connectivity index (χ2v) is 5.78. The molecule has 0 spiro atoms. The fourth-order valence-corrected chi connectivity index (χ4v) is 3.44. The molecule has 1 aromatic carbocycles. The van der Waals surface area contributed by atoms with E-state index in [4.69, 9.17) is 5.73 Å². The van der Waals surface area contributed by atoms with E-state index in [1.807, 2.05) is 13.8 Å². The minimum absolute atomic E-state index is 0.306. The number of nitrogen functional groups attached to an aromatic ring is 1. The second kappa shape index (κ2) is 4.66. The summed E-state index contributed by atoms with van der Waals surface area (Å²) in [5.41, 5.74) is 6.06. The topological polar surface area (TPSA) is 60.2 Å². The maximum atomic E-state index is 12.1. The number of benzene rings is 1. The van der Waals surface area contributed by atoms with Crippen LogP contribution in [-0.2, 0) is 9.84 Å². The standard InChI is InChI=1S/C11H17NO2S/c1-3-10(4-2)15(13,14)11-7-5-6-9(12)8-11/h5-8,10H,3-4,12H2,1-2H3. The highest BCUT2D eigenvalue weighted by Crippen LogP contribution is 2.22. The smallest absolute Gasteiger partial charge is 0.181 e. The third kappa shape index (κ3) is 2.50. The van der Waals surface area contributed by atoms with Gasteiger partial charge < -0.3 is 5.73 Å². The van der Waals surface area contributed by atoms with Crippen LogP contribution in [0.3, 0.4) is 0 Å². The molecule has 84 valence electrons. The molecular weight excluding hydrogens is 210 g/mol. The van der Waals surface area contributed by atoms with Crippen LogP contribution in [0.2, 0.25) is 0 Å². The molecule has 0 amide bonds. The molecule has 0 aliphatic carbocycles. The van der Waals surface area contributed by atoms with E-state index in [-0.39, 0.29) is 5.25 Å². The highest BCUT2D eigenvalue weighted by atomic mass is 32.2. The van der Waals surface area contributed by atoms with Crippen molar-refractivity contribution in [3.05, 3.63) is 24.3 Å². The lowest BCUT2D eigenvalue weighted by Crippen LogP contribution is -2.19. The predicted molar refractivity (Wildman–Crippen MR) is 62.4 cm³/mol. The summed E-state index contributed by atoms with van der Waals surface area (Å²) >= 11 is 0. The van der Waals surface area contributed by atoms with Crippen molar-refractivity contribution in [2.24, 2.45) is 0 Å². The average Bonchev–Trinajstić information content (AvgIpc) is 2.19. The van der Waals surface area contributed by atoms with Crippen LogP contribution in [0.15, 0.2) is 29.2 Å². The van der Waals surface area contributed by atoms with Gasteiger partial charge in [-0.25, -0.2) is 8.42 Å². The summed E-state index contributed by atoms with van der Waals surface area (Å²) < 4.78 is 24.2. The molecule has 1 aromatic rings. The number of rotatable bonds is 4. The van der Waals surface area contributed by atoms with Crippen molar-refractivity contribution in [1.29, 1.82) is 0 Å². The summed E-state index contributed by atoms with van der Waals surface area (Å²) in [6, 6.07) is 6.48. The quantitative estimate of drug-likeness (QED) is 0.802. The lowest BCUT2D eigenvalue weighted by atomic mass is 10.3. The van der Waals surface area contributed by atoms with Crippen LogP contribution in [0.25, 0.3) is 0 Å². The van der Waals surface area contributed by atoms with Crippen LogP contribution in [0.5, 0.6) is 0 Å². The summed E-state index contributed by atoms with van der Waals surface area (Å²) in [7, 11) is -3.20. The summed E-state index contributed by atoms with van der Waals surface area (Å²) in [5.74, 6) is 0. The molecule has 0 saturated heterocycles. The Morgan fingerprint density at radius 1 is 1.27 bits per heavy atom. The lowest BCUT2D eigenvalue weighted by molar-refractivity contribution is 0.571. The largest absolute Gasteiger partial charge is 0.399 e. The average molecular weight is 227 g/mol. The van der Waals surface area contributed by atoms with Gasteiger partial charge in [-0.3, -0.25) is 0 Å². The fourth-order valence-electron chi connectivity index (χ4n) is 1.61. The van der Waals surface area contributed by atoms with Gasteiger partial charge in [0, 0.05) is 5.69 Å². The number of nitrogens with two attached hydrogens (primary N) is 1. The van der Waals surface area contributed by atoms with Gasteiger partial charge in [0.1, 0.15) is 0 Å². The van der Waals surface area contributed by atoms with E-state index in [2.05, 4.69) is 0 Å². The molecule has 0 unspecified atom stereocenters. The Balaban J connectivity index is 3.16. The molecule has 15 heavy (non-hydrogen) atoms. The molecule has 0 bridgehead atoms. The number of anilines is 1. The molecule has 2 N–H and O–H groups in total. The minimum atomic E-state index is -3.20. The molecule has 1 rings (SSSR count). The lowest BCUT2D eigenvalue weighted by Gasteiger charge is -2.13. The van der Waals surface area contributed by atoms with Crippen molar-refractivity contribution >= 4 is 15.5 Å². The number of sulfone groups is 1. The number of hydrogen-bond acceptors (Lipinski definition) is 3. The van der Waals surface area contributed by atoms with Gasteiger partial charge in [0.2, 0.25) is 0 Å². The molecule has 0 aliphatic heterocycles. The fraction of sp³-hybridized carbons (Fsp3) is 0.455. The zero-order chi connectivity index (χ0) is 11.5. The molecule has 4 heteroatoms.